The van der Waals surface area contributed by atoms with Gasteiger partial charge in [0.25, 0.3) is 5.91 Å². The molecular formula is C23H28N2O3. The molecule has 148 valence electrons. The standard InChI is InChI=1S/C23H28N2O3/c1-2-13-24-22(26)19-11-14-25(15-12-19)23(27)20-9-6-10-21(16-20)28-17-18-7-4-3-5-8-18/h3-10,16,19H,2,11-15,17H2,1H3,(H,24,26). The molecule has 0 aromatic heterocycles. The molecule has 1 N–H and O–H groups in total. The lowest BCUT2D eigenvalue weighted by Gasteiger charge is -2.31. The average molecular weight is 380 g/mol. The first kappa shape index (κ1) is 19.9. The summed E-state index contributed by atoms with van der Waals surface area (Å²) in [6.07, 6.45) is 2.36. The summed E-state index contributed by atoms with van der Waals surface area (Å²) in [5.41, 5.74) is 1.71. The molecule has 2 aromatic carbocycles. The minimum Gasteiger partial charge on any atom is -0.489 e. The van der Waals surface area contributed by atoms with Crippen LogP contribution in [0.4, 0.5) is 0 Å². The third-order valence-electron chi connectivity index (χ3n) is 5.03. The maximum Gasteiger partial charge on any atom is 0.253 e. The summed E-state index contributed by atoms with van der Waals surface area (Å²) < 4.78 is 5.83. The number of carbonyl (C=O) groups excluding carboxylic acids is 2. The second-order valence-corrected chi connectivity index (χ2v) is 7.16. The number of hydrogen-bond acceptors (Lipinski definition) is 3. The molecule has 0 bridgehead atoms. The summed E-state index contributed by atoms with van der Waals surface area (Å²) in [6.45, 7) is 4.44. The molecule has 1 fully saturated rings. The van der Waals surface area contributed by atoms with E-state index < -0.39 is 0 Å². The van der Waals surface area contributed by atoms with Crippen molar-refractivity contribution in [2.24, 2.45) is 5.92 Å². The van der Waals surface area contributed by atoms with E-state index in [-0.39, 0.29) is 17.7 Å². The molecule has 0 radical (unpaired) electrons. The number of rotatable bonds is 7. The van der Waals surface area contributed by atoms with E-state index >= 15 is 0 Å². The molecule has 0 aliphatic carbocycles. The predicted molar refractivity (Wildman–Crippen MR) is 109 cm³/mol. The molecule has 1 heterocycles. The summed E-state index contributed by atoms with van der Waals surface area (Å²) in [4.78, 5) is 26.8. The van der Waals surface area contributed by atoms with Gasteiger partial charge < -0.3 is 15.0 Å². The van der Waals surface area contributed by atoms with E-state index in [9.17, 15) is 9.59 Å². The summed E-state index contributed by atoms with van der Waals surface area (Å²) in [5.74, 6) is 0.808. The van der Waals surface area contributed by atoms with E-state index in [1.165, 1.54) is 0 Å². The lowest BCUT2D eigenvalue weighted by molar-refractivity contribution is -0.126. The minimum absolute atomic E-state index is 0.00224. The van der Waals surface area contributed by atoms with Crippen LogP contribution in [0.1, 0.15) is 42.1 Å². The zero-order valence-corrected chi connectivity index (χ0v) is 16.4. The number of nitrogens with zero attached hydrogens (tertiary/aromatic N) is 1. The molecule has 1 aliphatic heterocycles. The van der Waals surface area contributed by atoms with E-state index in [1.54, 1.807) is 6.07 Å². The number of nitrogens with one attached hydrogen (secondary N) is 1. The summed E-state index contributed by atoms with van der Waals surface area (Å²) in [7, 11) is 0. The van der Waals surface area contributed by atoms with Crippen LogP contribution in [-0.4, -0.2) is 36.3 Å². The summed E-state index contributed by atoms with van der Waals surface area (Å²) >= 11 is 0. The van der Waals surface area contributed by atoms with Crippen LogP contribution >= 0.6 is 0 Å². The Kier molecular flexibility index (Phi) is 7.06. The minimum atomic E-state index is -0.00224. The molecule has 0 spiro atoms. The van der Waals surface area contributed by atoms with Gasteiger partial charge in [-0.25, -0.2) is 0 Å². The van der Waals surface area contributed by atoms with E-state index in [0.717, 1.165) is 12.0 Å². The Morgan fingerprint density at radius 2 is 1.82 bits per heavy atom. The Hall–Kier alpha value is -2.82. The third kappa shape index (κ3) is 5.35. The van der Waals surface area contributed by atoms with Crippen molar-refractivity contribution in [3.05, 3.63) is 65.7 Å². The van der Waals surface area contributed by atoms with Gasteiger partial charge in [0.1, 0.15) is 12.4 Å². The molecule has 2 aromatic rings. The van der Waals surface area contributed by atoms with Crippen molar-refractivity contribution in [3.8, 4) is 5.75 Å². The van der Waals surface area contributed by atoms with Crippen LogP contribution in [-0.2, 0) is 11.4 Å². The van der Waals surface area contributed by atoms with Gasteiger partial charge in [-0.05, 0) is 43.0 Å². The van der Waals surface area contributed by atoms with E-state index in [2.05, 4.69) is 5.32 Å². The zero-order chi connectivity index (χ0) is 19.8. The molecule has 0 unspecified atom stereocenters. The van der Waals surface area contributed by atoms with Crippen molar-refractivity contribution >= 4 is 11.8 Å². The number of piperidine rings is 1. The van der Waals surface area contributed by atoms with Crippen LogP contribution in [0.3, 0.4) is 0 Å². The second kappa shape index (κ2) is 9.93. The fraction of sp³-hybridized carbons (Fsp3) is 0.391. The van der Waals surface area contributed by atoms with Gasteiger partial charge in [-0.3, -0.25) is 9.59 Å². The van der Waals surface area contributed by atoms with Crippen molar-refractivity contribution < 1.29 is 14.3 Å². The highest BCUT2D eigenvalue weighted by atomic mass is 16.5. The van der Waals surface area contributed by atoms with Crippen LogP contribution in [0.5, 0.6) is 5.75 Å². The molecule has 5 heteroatoms. The topological polar surface area (TPSA) is 58.6 Å². The first-order chi connectivity index (χ1) is 13.7. The van der Waals surface area contributed by atoms with E-state index in [0.29, 0.717) is 50.4 Å². The lowest BCUT2D eigenvalue weighted by atomic mass is 9.95. The zero-order valence-electron chi connectivity index (χ0n) is 16.4. The van der Waals surface area contributed by atoms with Gasteiger partial charge in [0.2, 0.25) is 5.91 Å². The van der Waals surface area contributed by atoms with Crippen LogP contribution < -0.4 is 10.1 Å². The monoisotopic (exact) mass is 380 g/mol. The van der Waals surface area contributed by atoms with Gasteiger partial charge in [0.05, 0.1) is 0 Å². The van der Waals surface area contributed by atoms with Gasteiger partial charge >= 0.3 is 0 Å². The molecule has 5 nitrogen and oxygen atoms in total. The number of carbonyl (C=O) groups is 2. The maximum absolute atomic E-state index is 12.8. The Labute approximate surface area is 166 Å². The number of hydrogen-bond donors (Lipinski definition) is 1. The number of ether oxygens (including phenoxy) is 1. The highest BCUT2D eigenvalue weighted by Gasteiger charge is 2.27. The third-order valence-corrected chi connectivity index (χ3v) is 5.03. The molecular weight excluding hydrogens is 352 g/mol. The SMILES string of the molecule is CCCNC(=O)C1CCN(C(=O)c2cccc(OCc3ccccc3)c2)CC1. The molecule has 3 rings (SSSR count). The van der Waals surface area contributed by atoms with Gasteiger partial charge in [0.15, 0.2) is 0 Å². The Balaban J connectivity index is 1.54. The summed E-state index contributed by atoms with van der Waals surface area (Å²) in [6, 6.07) is 17.3. The van der Waals surface area contributed by atoms with Gasteiger partial charge in [-0.2, -0.15) is 0 Å². The molecule has 0 saturated carbocycles. The van der Waals surface area contributed by atoms with Crippen LogP contribution in [0.15, 0.2) is 54.6 Å². The normalized spacial score (nSPS) is 14.5. The van der Waals surface area contributed by atoms with Gasteiger partial charge in [0, 0.05) is 31.1 Å². The second-order valence-electron chi connectivity index (χ2n) is 7.16. The van der Waals surface area contributed by atoms with Crippen LogP contribution in [0.2, 0.25) is 0 Å². The van der Waals surface area contributed by atoms with E-state index in [1.807, 2.05) is 60.4 Å². The highest BCUT2D eigenvalue weighted by molar-refractivity contribution is 5.94. The first-order valence-electron chi connectivity index (χ1n) is 10.0. The lowest BCUT2D eigenvalue weighted by Crippen LogP contribution is -2.43. The number of benzene rings is 2. The van der Waals surface area contributed by atoms with Crippen molar-refractivity contribution in [2.45, 2.75) is 32.8 Å². The predicted octanol–water partition coefficient (Wildman–Crippen LogP) is 3.64. The quantitative estimate of drug-likeness (QED) is 0.798. The fourth-order valence-electron chi connectivity index (χ4n) is 3.38. The smallest absolute Gasteiger partial charge is 0.253 e. The van der Waals surface area contributed by atoms with E-state index in [4.69, 9.17) is 4.74 Å². The molecule has 1 aliphatic rings. The number of amides is 2. The highest BCUT2D eigenvalue weighted by Crippen LogP contribution is 2.21. The van der Waals surface area contributed by atoms with Crippen molar-refractivity contribution in [1.82, 2.24) is 10.2 Å². The van der Waals surface area contributed by atoms with Crippen LogP contribution in [0.25, 0.3) is 0 Å². The fourth-order valence-corrected chi connectivity index (χ4v) is 3.38. The molecule has 2 amide bonds. The van der Waals surface area contributed by atoms with Crippen molar-refractivity contribution in [2.75, 3.05) is 19.6 Å². The summed E-state index contributed by atoms with van der Waals surface area (Å²) in [5, 5.41) is 2.95. The Morgan fingerprint density at radius 3 is 2.54 bits per heavy atom. The van der Waals surface area contributed by atoms with Gasteiger partial charge in [-0.1, -0.05) is 43.3 Å². The van der Waals surface area contributed by atoms with Crippen molar-refractivity contribution in [1.29, 1.82) is 0 Å². The Morgan fingerprint density at radius 1 is 1.07 bits per heavy atom. The van der Waals surface area contributed by atoms with Crippen molar-refractivity contribution in [3.63, 3.8) is 0 Å². The average Bonchev–Trinajstić information content (AvgIpc) is 2.76. The maximum atomic E-state index is 12.8. The Bertz CT molecular complexity index is 783. The molecule has 28 heavy (non-hydrogen) atoms. The van der Waals surface area contributed by atoms with Gasteiger partial charge in [-0.15, -0.1) is 0 Å². The number of likely N-dealkylation sites (tertiary alicyclic amines) is 1. The largest absolute Gasteiger partial charge is 0.489 e. The first-order valence-corrected chi connectivity index (χ1v) is 10.0. The molecule has 0 atom stereocenters. The molecule has 1 saturated heterocycles. The van der Waals surface area contributed by atoms with Crippen LogP contribution in [0, 0.1) is 5.92 Å².